The van der Waals surface area contributed by atoms with Crippen LogP contribution in [0.3, 0.4) is 0 Å². The van der Waals surface area contributed by atoms with Crippen LogP contribution in [0.25, 0.3) is 0 Å². The van der Waals surface area contributed by atoms with Crippen molar-refractivity contribution in [3.8, 4) is 0 Å². The second kappa shape index (κ2) is 7.17. The minimum atomic E-state index is -4.57. The van der Waals surface area contributed by atoms with Crippen molar-refractivity contribution in [2.45, 2.75) is 44.9 Å². The molecule has 0 bridgehead atoms. The number of amides is 1. The first-order valence-electron chi connectivity index (χ1n) is 8.02. The molecule has 0 saturated carbocycles. The molecule has 1 N–H and O–H groups in total. The first-order chi connectivity index (χ1) is 10.3. The molecule has 4 nitrogen and oxygen atoms in total. The van der Waals surface area contributed by atoms with Crippen molar-refractivity contribution in [1.82, 2.24) is 9.80 Å². The molecule has 22 heavy (non-hydrogen) atoms. The van der Waals surface area contributed by atoms with Crippen molar-refractivity contribution < 1.29 is 23.1 Å². The average Bonchev–Trinajstić information content (AvgIpc) is 2.48. The predicted molar refractivity (Wildman–Crippen MR) is 76.2 cm³/mol. The average molecular weight is 322 g/mol. The van der Waals surface area contributed by atoms with Crippen molar-refractivity contribution in [3.63, 3.8) is 0 Å². The normalized spacial score (nSPS) is 24.5. The summed E-state index contributed by atoms with van der Waals surface area (Å²) in [6.45, 7) is 5.00. The van der Waals surface area contributed by atoms with Crippen molar-refractivity contribution in [2.75, 3.05) is 32.7 Å². The van der Waals surface area contributed by atoms with Crippen molar-refractivity contribution in [1.29, 1.82) is 0 Å². The van der Waals surface area contributed by atoms with E-state index in [4.69, 9.17) is 0 Å². The fraction of sp³-hybridized carbons (Fsp3) is 0.933. The Morgan fingerprint density at radius 3 is 2.18 bits per heavy atom. The number of aliphatic hydroxyl groups is 1. The Bertz CT molecular complexity index is 373. The summed E-state index contributed by atoms with van der Waals surface area (Å²) in [4.78, 5) is 16.0. The summed E-state index contributed by atoms with van der Waals surface area (Å²) in [7, 11) is 0. The van der Waals surface area contributed by atoms with Gasteiger partial charge in [0.25, 0.3) is 0 Å². The van der Waals surface area contributed by atoms with E-state index in [1.54, 1.807) is 4.90 Å². The Morgan fingerprint density at radius 2 is 1.68 bits per heavy atom. The Kier molecular flexibility index (Phi) is 5.71. The highest BCUT2D eigenvalue weighted by molar-refractivity contribution is 5.78. The number of aliphatic hydroxyl groups excluding tert-OH is 1. The Hall–Kier alpha value is -0.820. The predicted octanol–water partition coefficient (Wildman–Crippen LogP) is 1.88. The van der Waals surface area contributed by atoms with Gasteiger partial charge in [-0.2, -0.15) is 13.2 Å². The molecule has 0 aliphatic carbocycles. The van der Waals surface area contributed by atoms with E-state index in [0.717, 1.165) is 25.9 Å². The van der Waals surface area contributed by atoms with Crippen LogP contribution in [-0.2, 0) is 4.79 Å². The van der Waals surface area contributed by atoms with Gasteiger partial charge in [-0.3, -0.25) is 9.69 Å². The zero-order chi connectivity index (χ0) is 16.3. The lowest BCUT2D eigenvalue weighted by Crippen LogP contribution is -2.48. The van der Waals surface area contributed by atoms with Crippen molar-refractivity contribution >= 4 is 5.91 Å². The molecular formula is C15H25F3N2O2. The van der Waals surface area contributed by atoms with Gasteiger partial charge < -0.3 is 10.0 Å². The van der Waals surface area contributed by atoms with Crippen LogP contribution in [-0.4, -0.2) is 65.8 Å². The van der Waals surface area contributed by atoms with Gasteiger partial charge in [0, 0.05) is 13.1 Å². The summed E-state index contributed by atoms with van der Waals surface area (Å²) < 4.78 is 37.5. The highest BCUT2D eigenvalue weighted by Crippen LogP contribution is 2.31. The van der Waals surface area contributed by atoms with E-state index >= 15 is 0 Å². The Labute approximate surface area is 129 Å². The lowest BCUT2D eigenvalue weighted by Gasteiger charge is -2.36. The molecule has 2 aliphatic rings. The number of hydrogen-bond donors (Lipinski definition) is 1. The molecule has 0 radical (unpaired) electrons. The molecule has 2 fully saturated rings. The molecular weight excluding hydrogens is 297 g/mol. The highest BCUT2D eigenvalue weighted by atomic mass is 19.4. The van der Waals surface area contributed by atoms with Gasteiger partial charge in [0.05, 0.1) is 6.54 Å². The van der Waals surface area contributed by atoms with Crippen molar-refractivity contribution in [3.05, 3.63) is 0 Å². The van der Waals surface area contributed by atoms with Gasteiger partial charge in [-0.1, -0.05) is 6.92 Å². The molecule has 2 heterocycles. The van der Waals surface area contributed by atoms with E-state index in [-0.39, 0.29) is 18.7 Å². The smallest absolute Gasteiger partial charge is 0.383 e. The van der Waals surface area contributed by atoms with E-state index in [1.807, 2.05) is 0 Å². The zero-order valence-electron chi connectivity index (χ0n) is 13.0. The molecule has 1 unspecified atom stereocenters. The molecule has 2 rings (SSSR count). The first-order valence-corrected chi connectivity index (χ1v) is 8.02. The summed E-state index contributed by atoms with van der Waals surface area (Å²) in [5.74, 6) is -0.0969. The largest absolute Gasteiger partial charge is 0.414 e. The molecule has 0 aromatic heterocycles. The monoisotopic (exact) mass is 322 g/mol. The maximum Gasteiger partial charge on any atom is 0.414 e. The topological polar surface area (TPSA) is 43.8 Å². The molecule has 0 aromatic carbocycles. The summed E-state index contributed by atoms with van der Waals surface area (Å²) >= 11 is 0. The summed E-state index contributed by atoms with van der Waals surface area (Å²) in [5, 5.41) is 9.28. The molecule has 7 heteroatoms. The van der Waals surface area contributed by atoms with E-state index in [9.17, 15) is 23.1 Å². The van der Waals surface area contributed by atoms with Crippen LogP contribution in [0.4, 0.5) is 13.2 Å². The van der Waals surface area contributed by atoms with Crippen LogP contribution in [0.5, 0.6) is 0 Å². The number of nitrogens with zero attached hydrogens (tertiary/aromatic N) is 2. The summed E-state index contributed by atoms with van der Waals surface area (Å²) in [6.07, 6.45) is -4.23. The maximum absolute atomic E-state index is 12.5. The summed E-state index contributed by atoms with van der Waals surface area (Å²) in [5.41, 5.74) is 0. The lowest BCUT2D eigenvalue weighted by atomic mass is 9.91. The van der Waals surface area contributed by atoms with E-state index < -0.39 is 18.2 Å². The minimum absolute atomic E-state index is 0.00509. The van der Waals surface area contributed by atoms with Crippen LogP contribution in [0.2, 0.25) is 0 Å². The maximum atomic E-state index is 12.5. The number of piperidine rings is 2. The highest BCUT2D eigenvalue weighted by Gasteiger charge is 2.44. The van der Waals surface area contributed by atoms with Gasteiger partial charge in [-0.05, 0) is 50.6 Å². The molecule has 1 atom stereocenters. The molecule has 2 aliphatic heterocycles. The van der Waals surface area contributed by atoms with Crippen LogP contribution in [0.15, 0.2) is 0 Å². The van der Waals surface area contributed by atoms with Crippen LogP contribution in [0.1, 0.15) is 32.6 Å². The fourth-order valence-electron chi connectivity index (χ4n) is 3.24. The lowest BCUT2D eigenvalue weighted by molar-refractivity contribution is -0.222. The number of rotatable bonds is 3. The van der Waals surface area contributed by atoms with Gasteiger partial charge in [-0.25, -0.2) is 0 Å². The van der Waals surface area contributed by atoms with E-state index in [0.29, 0.717) is 25.6 Å². The molecule has 0 spiro atoms. The number of likely N-dealkylation sites (tertiary alicyclic amines) is 2. The third-order valence-corrected chi connectivity index (χ3v) is 4.91. The van der Waals surface area contributed by atoms with Crippen LogP contribution < -0.4 is 0 Å². The zero-order valence-corrected chi connectivity index (χ0v) is 13.0. The minimum Gasteiger partial charge on any atom is -0.383 e. The number of carbonyl (C=O) groups is 1. The number of halogens is 3. The van der Waals surface area contributed by atoms with Crippen LogP contribution >= 0.6 is 0 Å². The Morgan fingerprint density at radius 1 is 1.14 bits per heavy atom. The number of carbonyl (C=O) groups excluding carboxylic acids is 1. The van der Waals surface area contributed by atoms with Gasteiger partial charge in [0.2, 0.25) is 5.91 Å². The molecule has 1 amide bonds. The molecule has 0 aromatic rings. The number of hydrogen-bond acceptors (Lipinski definition) is 3. The SMILES string of the molecule is CC1CCN(CC(=O)N2CCC(C(O)C(F)(F)F)CC2)CC1. The fourth-order valence-corrected chi connectivity index (χ4v) is 3.24. The van der Waals surface area contributed by atoms with Crippen molar-refractivity contribution in [2.24, 2.45) is 11.8 Å². The second-order valence-corrected chi connectivity index (χ2v) is 6.66. The summed E-state index contributed by atoms with van der Waals surface area (Å²) in [6, 6.07) is 0. The number of alkyl halides is 3. The first kappa shape index (κ1) is 17.5. The van der Waals surface area contributed by atoms with Gasteiger partial charge >= 0.3 is 6.18 Å². The standard InChI is InChI=1S/C15H25F3N2O2/c1-11-2-6-19(7-3-11)10-13(21)20-8-4-12(5-9-20)14(22)15(16,17)18/h11-12,14,22H,2-10H2,1H3. The van der Waals surface area contributed by atoms with Gasteiger partial charge in [0.15, 0.2) is 6.10 Å². The quantitative estimate of drug-likeness (QED) is 0.863. The second-order valence-electron chi connectivity index (χ2n) is 6.66. The van der Waals surface area contributed by atoms with E-state index in [2.05, 4.69) is 11.8 Å². The third-order valence-electron chi connectivity index (χ3n) is 4.91. The van der Waals surface area contributed by atoms with E-state index in [1.165, 1.54) is 0 Å². The third kappa shape index (κ3) is 4.59. The Balaban J connectivity index is 1.75. The van der Waals surface area contributed by atoms with Gasteiger partial charge in [-0.15, -0.1) is 0 Å². The van der Waals surface area contributed by atoms with Crippen LogP contribution in [0, 0.1) is 11.8 Å². The molecule has 2 saturated heterocycles. The molecule has 128 valence electrons. The van der Waals surface area contributed by atoms with Gasteiger partial charge in [0.1, 0.15) is 0 Å².